The SMILES string of the molecule is COc1cc(OC)cc(Oc2cc(=O)c3c(OC)cc(OC)cc3o2)c1. The van der Waals surface area contributed by atoms with E-state index in [0.717, 1.165) is 0 Å². The van der Waals surface area contributed by atoms with Crippen LogP contribution in [0.3, 0.4) is 0 Å². The first-order valence-electron chi connectivity index (χ1n) is 7.68. The average Bonchev–Trinajstić information content (AvgIpc) is 2.66. The fourth-order valence-electron chi connectivity index (χ4n) is 2.49. The van der Waals surface area contributed by atoms with Gasteiger partial charge >= 0.3 is 0 Å². The Kier molecular flexibility index (Phi) is 4.88. The molecule has 0 aliphatic heterocycles. The van der Waals surface area contributed by atoms with Crippen LogP contribution in [0, 0.1) is 0 Å². The van der Waals surface area contributed by atoms with Gasteiger partial charge in [0.15, 0.2) is 5.43 Å². The lowest BCUT2D eigenvalue weighted by molar-refractivity contribution is 0.343. The first-order valence-corrected chi connectivity index (χ1v) is 7.68. The summed E-state index contributed by atoms with van der Waals surface area (Å²) in [6, 6.07) is 9.48. The Morgan fingerprint density at radius 3 is 1.85 bits per heavy atom. The third-order valence-electron chi connectivity index (χ3n) is 3.74. The second kappa shape index (κ2) is 7.26. The molecule has 1 heterocycles. The minimum absolute atomic E-state index is 0.0214. The van der Waals surface area contributed by atoms with Gasteiger partial charge in [-0.3, -0.25) is 4.79 Å². The lowest BCUT2D eigenvalue weighted by Gasteiger charge is -2.11. The van der Waals surface area contributed by atoms with E-state index in [1.54, 1.807) is 30.3 Å². The van der Waals surface area contributed by atoms with Crippen LogP contribution in [0.25, 0.3) is 11.0 Å². The van der Waals surface area contributed by atoms with E-state index >= 15 is 0 Å². The van der Waals surface area contributed by atoms with Gasteiger partial charge in [-0.25, -0.2) is 0 Å². The van der Waals surface area contributed by atoms with Gasteiger partial charge in [0.25, 0.3) is 5.95 Å². The summed E-state index contributed by atoms with van der Waals surface area (Å²) in [5.41, 5.74) is -0.00539. The molecule has 0 amide bonds. The highest BCUT2D eigenvalue weighted by Gasteiger charge is 2.14. The third-order valence-corrected chi connectivity index (χ3v) is 3.74. The van der Waals surface area contributed by atoms with Gasteiger partial charge in [0.1, 0.15) is 39.7 Å². The van der Waals surface area contributed by atoms with Crippen molar-refractivity contribution in [1.82, 2.24) is 0 Å². The Morgan fingerprint density at radius 2 is 1.27 bits per heavy atom. The smallest absolute Gasteiger partial charge is 0.294 e. The van der Waals surface area contributed by atoms with Gasteiger partial charge in [-0.05, 0) is 0 Å². The highest BCUT2D eigenvalue weighted by Crippen LogP contribution is 2.34. The molecule has 0 spiro atoms. The summed E-state index contributed by atoms with van der Waals surface area (Å²) in [5, 5.41) is 0.309. The average molecular weight is 358 g/mol. The van der Waals surface area contributed by atoms with E-state index in [0.29, 0.717) is 39.7 Å². The molecule has 0 unspecified atom stereocenters. The van der Waals surface area contributed by atoms with Crippen LogP contribution >= 0.6 is 0 Å². The molecule has 0 aliphatic rings. The number of ether oxygens (including phenoxy) is 5. The predicted molar refractivity (Wildman–Crippen MR) is 95.2 cm³/mol. The molecule has 7 nitrogen and oxygen atoms in total. The fraction of sp³-hybridized carbons (Fsp3) is 0.211. The van der Waals surface area contributed by atoms with Crippen molar-refractivity contribution in [3.8, 4) is 34.7 Å². The number of methoxy groups -OCH3 is 4. The van der Waals surface area contributed by atoms with Gasteiger partial charge < -0.3 is 28.1 Å². The van der Waals surface area contributed by atoms with E-state index in [1.165, 1.54) is 34.5 Å². The van der Waals surface area contributed by atoms with Crippen LogP contribution in [0.15, 0.2) is 45.6 Å². The van der Waals surface area contributed by atoms with Gasteiger partial charge in [-0.15, -0.1) is 0 Å². The second-order valence-electron chi connectivity index (χ2n) is 5.28. The van der Waals surface area contributed by atoms with Crippen molar-refractivity contribution in [2.75, 3.05) is 28.4 Å². The second-order valence-corrected chi connectivity index (χ2v) is 5.28. The maximum absolute atomic E-state index is 12.5. The lowest BCUT2D eigenvalue weighted by atomic mass is 10.2. The Bertz CT molecular complexity index is 969. The number of benzene rings is 2. The zero-order valence-electron chi connectivity index (χ0n) is 14.8. The van der Waals surface area contributed by atoms with E-state index in [4.69, 9.17) is 28.1 Å². The third kappa shape index (κ3) is 3.37. The van der Waals surface area contributed by atoms with Crippen LogP contribution in [0.4, 0.5) is 0 Å². The van der Waals surface area contributed by atoms with Gasteiger partial charge in [0.05, 0.1) is 34.5 Å². The molecule has 0 aliphatic carbocycles. The van der Waals surface area contributed by atoms with Crippen molar-refractivity contribution >= 4 is 11.0 Å². The summed E-state index contributed by atoms with van der Waals surface area (Å²) >= 11 is 0. The summed E-state index contributed by atoms with van der Waals surface area (Å²) in [7, 11) is 6.06. The predicted octanol–water partition coefficient (Wildman–Crippen LogP) is 3.62. The summed E-state index contributed by atoms with van der Waals surface area (Å²) in [5.74, 6) is 2.38. The minimum atomic E-state index is -0.296. The Hall–Kier alpha value is -3.35. The zero-order chi connectivity index (χ0) is 18.7. The van der Waals surface area contributed by atoms with Gasteiger partial charge in [0.2, 0.25) is 0 Å². The van der Waals surface area contributed by atoms with Crippen LogP contribution < -0.4 is 29.1 Å². The molecule has 0 N–H and O–H groups in total. The van der Waals surface area contributed by atoms with Crippen LogP contribution in [0.5, 0.6) is 34.7 Å². The first-order chi connectivity index (χ1) is 12.6. The molecule has 0 saturated carbocycles. The largest absolute Gasteiger partial charge is 0.496 e. The molecule has 2 aromatic carbocycles. The lowest BCUT2D eigenvalue weighted by Crippen LogP contribution is -2.03. The molecule has 1 aromatic heterocycles. The molecule has 0 bridgehead atoms. The van der Waals surface area contributed by atoms with E-state index in [2.05, 4.69) is 0 Å². The highest BCUT2D eigenvalue weighted by atomic mass is 16.6. The highest BCUT2D eigenvalue weighted by molar-refractivity contribution is 5.85. The zero-order valence-corrected chi connectivity index (χ0v) is 14.8. The molecule has 3 rings (SSSR count). The van der Waals surface area contributed by atoms with E-state index in [-0.39, 0.29) is 11.4 Å². The maximum atomic E-state index is 12.5. The van der Waals surface area contributed by atoms with E-state index < -0.39 is 0 Å². The molecular formula is C19H18O7. The fourth-order valence-corrected chi connectivity index (χ4v) is 2.49. The monoisotopic (exact) mass is 358 g/mol. The van der Waals surface area contributed by atoms with Gasteiger partial charge in [0, 0.05) is 30.3 Å². The molecule has 0 fully saturated rings. The van der Waals surface area contributed by atoms with E-state index in [1.807, 2.05) is 0 Å². The Balaban J connectivity index is 2.08. The van der Waals surface area contributed by atoms with Crippen LogP contribution in [0.1, 0.15) is 0 Å². The molecular weight excluding hydrogens is 340 g/mol. The minimum Gasteiger partial charge on any atom is -0.496 e. The van der Waals surface area contributed by atoms with Crippen LogP contribution in [-0.2, 0) is 0 Å². The van der Waals surface area contributed by atoms with Crippen LogP contribution in [0.2, 0.25) is 0 Å². The Morgan fingerprint density at radius 1 is 0.692 bits per heavy atom. The van der Waals surface area contributed by atoms with Crippen molar-refractivity contribution in [3.63, 3.8) is 0 Å². The number of rotatable bonds is 6. The van der Waals surface area contributed by atoms with Crippen molar-refractivity contribution in [1.29, 1.82) is 0 Å². The number of hydrogen-bond donors (Lipinski definition) is 0. The summed E-state index contributed by atoms with van der Waals surface area (Å²) in [6.45, 7) is 0. The summed E-state index contributed by atoms with van der Waals surface area (Å²) in [6.07, 6.45) is 0. The number of hydrogen-bond acceptors (Lipinski definition) is 7. The Labute approximate surface area is 149 Å². The van der Waals surface area contributed by atoms with Gasteiger partial charge in [-0.1, -0.05) is 0 Å². The molecule has 0 saturated heterocycles. The standard InChI is InChI=1S/C19H18O7/c1-21-11-5-12(22-2)7-14(6-11)25-18-10-15(20)19-16(24-4)8-13(23-3)9-17(19)26-18/h5-10H,1-4H3. The normalized spacial score (nSPS) is 10.5. The van der Waals surface area contributed by atoms with E-state index in [9.17, 15) is 4.79 Å². The van der Waals surface area contributed by atoms with Crippen molar-refractivity contribution in [2.45, 2.75) is 0 Å². The molecule has 136 valence electrons. The van der Waals surface area contributed by atoms with Crippen LogP contribution in [-0.4, -0.2) is 28.4 Å². The van der Waals surface area contributed by atoms with Crippen molar-refractivity contribution in [3.05, 3.63) is 46.6 Å². The molecule has 0 atom stereocenters. The molecule has 3 aromatic rings. The van der Waals surface area contributed by atoms with Crippen molar-refractivity contribution in [2.24, 2.45) is 0 Å². The maximum Gasteiger partial charge on any atom is 0.294 e. The number of fused-ring (bicyclic) bond motifs is 1. The summed E-state index contributed by atoms with van der Waals surface area (Å²) < 4.78 is 32.3. The topological polar surface area (TPSA) is 76.4 Å². The first kappa shape index (κ1) is 17.5. The molecule has 0 radical (unpaired) electrons. The van der Waals surface area contributed by atoms with Crippen molar-refractivity contribution < 1.29 is 28.1 Å². The molecule has 26 heavy (non-hydrogen) atoms. The quantitative estimate of drug-likeness (QED) is 0.666. The summed E-state index contributed by atoms with van der Waals surface area (Å²) in [4.78, 5) is 12.5. The van der Waals surface area contributed by atoms with Gasteiger partial charge in [-0.2, -0.15) is 0 Å². The molecule has 7 heteroatoms.